The van der Waals surface area contributed by atoms with E-state index in [0.29, 0.717) is 34.0 Å². The van der Waals surface area contributed by atoms with Gasteiger partial charge < -0.3 is 14.6 Å². The molecule has 1 unspecified atom stereocenters. The van der Waals surface area contributed by atoms with Crippen LogP contribution < -0.4 is 14.9 Å². The van der Waals surface area contributed by atoms with E-state index in [2.05, 4.69) is 5.43 Å². The summed E-state index contributed by atoms with van der Waals surface area (Å²) in [5, 5.41) is 10.1. The highest BCUT2D eigenvalue weighted by Crippen LogP contribution is 2.32. The number of carboxylic acid groups (broad SMARTS) is 1. The predicted octanol–water partition coefficient (Wildman–Crippen LogP) is 3.48. The highest BCUT2D eigenvalue weighted by Gasteiger charge is 2.33. The van der Waals surface area contributed by atoms with Crippen LogP contribution in [0.2, 0.25) is 0 Å². The Morgan fingerprint density at radius 2 is 1.78 bits per heavy atom. The molecule has 0 radical (unpaired) electrons. The van der Waals surface area contributed by atoms with Crippen LogP contribution in [-0.2, 0) is 9.59 Å². The maximum Gasteiger partial charge on any atom is 0.344 e. The van der Waals surface area contributed by atoms with Crippen molar-refractivity contribution in [3.8, 4) is 11.5 Å². The van der Waals surface area contributed by atoms with E-state index in [1.54, 1.807) is 61.5 Å². The zero-order chi connectivity index (χ0) is 23.3. The van der Waals surface area contributed by atoms with Crippen molar-refractivity contribution in [1.82, 2.24) is 10.4 Å². The first kappa shape index (κ1) is 23.3. The maximum atomic E-state index is 12.7. The minimum Gasteiger partial charge on any atom is -0.497 e. The van der Waals surface area contributed by atoms with Crippen LogP contribution >= 0.6 is 24.0 Å². The standard InChI is InChI=1S/C22H20N2O6S2/c1-3-17(21(27)28)30-16-8-4-13(5-9-16)12-18-20(26)24(22(31)32-18)23-19(25)14-6-10-15(29-2)11-7-14/h4-12,17H,3H2,1-2H3,(H,23,25)(H,27,28)/b18-12+. The summed E-state index contributed by atoms with van der Waals surface area (Å²) in [4.78, 5) is 36.6. The first-order chi connectivity index (χ1) is 15.3. The number of carboxylic acids is 1. The average molecular weight is 473 g/mol. The quantitative estimate of drug-likeness (QED) is 0.444. The van der Waals surface area contributed by atoms with Crippen LogP contribution in [0.15, 0.2) is 53.4 Å². The molecule has 0 bridgehead atoms. The SMILES string of the molecule is CCC(Oc1ccc(/C=C2/SC(=S)N(NC(=O)c3ccc(OC)cc3)C2=O)cc1)C(=O)O. The Kier molecular flexibility index (Phi) is 7.49. The van der Waals surface area contributed by atoms with Crippen molar-refractivity contribution in [2.75, 3.05) is 7.11 Å². The summed E-state index contributed by atoms with van der Waals surface area (Å²) in [7, 11) is 1.53. The molecular weight excluding hydrogens is 452 g/mol. The van der Waals surface area contributed by atoms with E-state index >= 15 is 0 Å². The number of ether oxygens (including phenoxy) is 2. The van der Waals surface area contributed by atoms with Crippen LogP contribution in [0.25, 0.3) is 6.08 Å². The lowest BCUT2D eigenvalue weighted by atomic mass is 10.2. The monoisotopic (exact) mass is 472 g/mol. The van der Waals surface area contributed by atoms with Gasteiger partial charge in [-0.1, -0.05) is 30.8 Å². The first-order valence-corrected chi connectivity index (χ1v) is 10.8. The smallest absolute Gasteiger partial charge is 0.344 e. The van der Waals surface area contributed by atoms with E-state index in [0.717, 1.165) is 16.8 Å². The molecule has 32 heavy (non-hydrogen) atoms. The molecule has 8 nitrogen and oxygen atoms in total. The minimum absolute atomic E-state index is 0.204. The zero-order valence-electron chi connectivity index (χ0n) is 17.2. The molecule has 1 fully saturated rings. The third-order valence-electron chi connectivity index (χ3n) is 4.46. The Balaban J connectivity index is 1.68. The van der Waals surface area contributed by atoms with E-state index in [9.17, 15) is 14.4 Å². The molecule has 1 saturated heterocycles. The summed E-state index contributed by atoms with van der Waals surface area (Å²) in [6.07, 6.45) is 1.05. The number of rotatable bonds is 8. The number of nitrogens with zero attached hydrogens (tertiary/aromatic N) is 1. The van der Waals surface area contributed by atoms with Gasteiger partial charge in [0.05, 0.1) is 12.0 Å². The molecule has 3 rings (SSSR count). The molecule has 2 N–H and O–H groups in total. The van der Waals surface area contributed by atoms with Gasteiger partial charge in [0.15, 0.2) is 10.4 Å². The number of thiocarbonyl (C=S) groups is 1. The van der Waals surface area contributed by atoms with Gasteiger partial charge in [-0.2, -0.15) is 5.01 Å². The number of nitrogens with one attached hydrogen (secondary N) is 1. The molecule has 1 aliphatic heterocycles. The highest BCUT2D eigenvalue weighted by molar-refractivity contribution is 8.26. The van der Waals surface area contributed by atoms with Crippen LogP contribution in [-0.4, -0.2) is 45.4 Å². The predicted molar refractivity (Wildman–Crippen MR) is 124 cm³/mol. The lowest BCUT2D eigenvalue weighted by molar-refractivity contribution is -0.145. The number of amides is 2. The molecule has 166 valence electrons. The summed E-state index contributed by atoms with van der Waals surface area (Å²) in [6.45, 7) is 1.72. The molecule has 0 aromatic heterocycles. The summed E-state index contributed by atoms with van der Waals surface area (Å²) in [5.74, 6) is -0.929. The summed E-state index contributed by atoms with van der Waals surface area (Å²) >= 11 is 6.31. The van der Waals surface area contributed by atoms with E-state index in [1.807, 2.05) is 0 Å². The Morgan fingerprint density at radius 3 is 2.34 bits per heavy atom. The Labute approximate surface area is 194 Å². The Bertz CT molecular complexity index is 1070. The van der Waals surface area contributed by atoms with E-state index in [4.69, 9.17) is 26.8 Å². The van der Waals surface area contributed by atoms with Crippen molar-refractivity contribution in [1.29, 1.82) is 0 Å². The number of hydrogen-bond acceptors (Lipinski definition) is 7. The van der Waals surface area contributed by atoms with Crippen LogP contribution in [0.5, 0.6) is 11.5 Å². The average Bonchev–Trinajstić information content (AvgIpc) is 3.05. The Hall–Kier alpha value is -3.37. The number of thioether (sulfide) groups is 1. The molecule has 1 atom stereocenters. The third-order valence-corrected chi connectivity index (χ3v) is 5.76. The number of hydrazine groups is 1. The molecule has 2 aromatic rings. The zero-order valence-corrected chi connectivity index (χ0v) is 18.9. The molecule has 2 aromatic carbocycles. The summed E-state index contributed by atoms with van der Waals surface area (Å²) in [5.41, 5.74) is 3.57. The minimum atomic E-state index is -1.03. The van der Waals surface area contributed by atoms with Gasteiger partial charge in [0.1, 0.15) is 11.5 Å². The fourth-order valence-corrected chi connectivity index (χ4v) is 3.92. The number of hydrogen-bond donors (Lipinski definition) is 2. The largest absolute Gasteiger partial charge is 0.497 e. The Morgan fingerprint density at radius 1 is 1.16 bits per heavy atom. The highest BCUT2D eigenvalue weighted by atomic mass is 32.2. The number of benzene rings is 2. The molecular formula is C22H20N2O6S2. The van der Waals surface area contributed by atoms with Crippen molar-refractivity contribution in [2.45, 2.75) is 19.4 Å². The van der Waals surface area contributed by atoms with Gasteiger partial charge in [-0.25, -0.2) is 4.79 Å². The summed E-state index contributed by atoms with van der Waals surface area (Å²) in [6, 6.07) is 13.1. The molecule has 0 aliphatic carbocycles. The van der Waals surface area contributed by atoms with Crippen LogP contribution in [0.1, 0.15) is 29.3 Å². The summed E-state index contributed by atoms with van der Waals surface area (Å²) < 4.78 is 10.7. The lowest BCUT2D eigenvalue weighted by Gasteiger charge is -2.15. The van der Waals surface area contributed by atoms with Crippen LogP contribution in [0.3, 0.4) is 0 Å². The third kappa shape index (κ3) is 5.45. The van der Waals surface area contributed by atoms with Gasteiger partial charge in [-0.3, -0.25) is 15.0 Å². The fourth-order valence-electron chi connectivity index (χ4n) is 2.74. The first-order valence-electron chi connectivity index (χ1n) is 9.55. The second kappa shape index (κ2) is 10.3. The van der Waals surface area contributed by atoms with Crippen molar-refractivity contribution in [3.63, 3.8) is 0 Å². The van der Waals surface area contributed by atoms with Gasteiger partial charge in [0, 0.05) is 5.56 Å². The number of carbonyl (C=O) groups is 3. The fraction of sp³-hybridized carbons (Fsp3) is 0.182. The molecule has 0 saturated carbocycles. The molecule has 10 heteroatoms. The number of methoxy groups -OCH3 is 1. The topological polar surface area (TPSA) is 105 Å². The van der Waals surface area contributed by atoms with E-state index in [1.165, 1.54) is 7.11 Å². The van der Waals surface area contributed by atoms with Gasteiger partial charge in [0.2, 0.25) is 0 Å². The van der Waals surface area contributed by atoms with Gasteiger partial charge >= 0.3 is 5.97 Å². The lowest BCUT2D eigenvalue weighted by Crippen LogP contribution is -2.44. The molecule has 2 amide bonds. The molecule has 1 aliphatic rings. The van der Waals surface area contributed by atoms with Crippen molar-refractivity contribution in [3.05, 3.63) is 64.6 Å². The second-order valence-electron chi connectivity index (χ2n) is 6.61. The van der Waals surface area contributed by atoms with Gasteiger partial charge in [0.25, 0.3) is 11.8 Å². The maximum absolute atomic E-state index is 12.7. The number of aliphatic carboxylic acids is 1. The van der Waals surface area contributed by atoms with Crippen molar-refractivity contribution in [2.24, 2.45) is 0 Å². The molecule has 0 spiro atoms. The normalized spacial score (nSPS) is 15.6. The van der Waals surface area contributed by atoms with Crippen molar-refractivity contribution < 1.29 is 29.0 Å². The van der Waals surface area contributed by atoms with Gasteiger partial charge in [-0.15, -0.1) is 0 Å². The van der Waals surface area contributed by atoms with E-state index < -0.39 is 23.9 Å². The van der Waals surface area contributed by atoms with Crippen molar-refractivity contribution >= 4 is 52.2 Å². The second-order valence-corrected chi connectivity index (χ2v) is 8.28. The number of carbonyl (C=O) groups excluding carboxylic acids is 2. The van der Waals surface area contributed by atoms with Crippen LogP contribution in [0.4, 0.5) is 0 Å². The van der Waals surface area contributed by atoms with E-state index in [-0.39, 0.29) is 4.32 Å². The molecule has 1 heterocycles. The van der Waals surface area contributed by atoms with Crippen LogP contribution in [0, 0.1) is 0 Å². The van der Waals surface area contributed by atoms with Gasteiger partial charge in [-0.05, 0) is 66.7 Å².